The molecule has 0 spiro atoms. The molecule has 4 nitrogen and oxygen atoms in total. The second-order valence-corrected chi connectivity index (χ2v) is 4.30. The van der Waals surface area contributed by atoms with Crippen LogP contribution in [-0.2, 0) is 4.79 Å². The minimum absolute atomic E-state index is 0.0551. The van der Waals surface area contributed by atoms with E-state index >= 15 is 0 Å². The van der Waals surface area contributed by atoms with Crippen LogP contribution in [0, 0.1) is 5.92 Å². The number of halogens is 3. The van der Waals surface area contributed by atoms with Gasteiger partial charge in [0.1, 0.15) is 6.04 Å². The Hall–Kier alpha value is -0.820. The number of likely N-dealkylation sites (N-methyl/N-ethyl adjacent to an activating group) is 1. The SMILES string of the molecule is CNC(CN1CCC(C(F)(F)F)CC1)C(=O)O. The lowest BCUT2D eigenvalue weighted by atomic mass is 9.96. The fourth-order valence-corrected chi connectivity index (χ4v) is 1.99. The summed E-state index contributed by atoms with van der Waals surface area (Å²) in [5.74, 6) is -2.22. The predicted octanol–water partition coefficient (Wildman–Crippen LogP) is 0.933. The van der Waals surface area contributed by atoms with Crippen molar-refractivity contribution in [3.63, 3.8) is 0 Å². The van der Waals surface area contributed by atoms with Crippen molar-refractivity contribution in [2.75, 3.05) is 26.7 Å². The van der Waals surface area contributed by atoms with Gasteiger partial charge in [0.05, 0.1) is 5.92 Å². The molecule has 1 atom stereocenters. The Morgan fingerprint density at radius 2 is 2.00 bits per heavy atom. The number of rotatable bonds is 4. The minimum Gasteiger partial charge on any atom is -0.480 e. The van der Waals surface area contributed by atoms with Crippen molar-refractivity contribution in [2.45, 2.75) is 25.1 Å². The molecular weight excluding hydrogens is 237 g/mol. The lowest BCUT2D eigenvalue weighted by molar-refractivity contribution is -0.185. The largest absolute Gasteiger partial charge is 0.480 e. The smallest absolute Gasteiger partial charge is 0.391 e. The van der Waals surface area contributed by atoms with Gasteiger partial charge >= 0.3 is 12.1 Å². The molecule has 1 aliphatic rings. The molecule has 0 aromatic rings. The third kappa shape index (κ3) is 4.16. The molecule has 7 heteroatoms. The number of carboxylic acids is 1. The second-order valence-electron chi connectivity index (χ2n) is 4.30. The summed E-state index contributed by atoms with van der Waals surface area (Å²) in [4.78, 5) is 12.5. The summed E-state index contributed by atoms with van der Waals surface area (Å²) in [5.41, 5.74) is 0. The van der Waals surface area contributed by atoms with E-state index < -0.39 is 24.1 Å². The van der Waals surface area contributed by atoms with Gasteiger partial charge in [-0.2, -0.15) is 13.2 Å². The van der Waals surface area contributed by atoms with Crippen LogP contribution in [0.2, 0.25) is 0 Å². The van der Waals surface area contributed by atoms with Crippen molar-refractivity contribution in [1.82, 2.24) is 10.2 Å². The first-order valence-electron chi connectivity index (χ1n) is 5.53. The van der Waals surface area contributed by atoms with Gasteiger partial charge in [0, 0.05) is 6.54 Å². The van der Waals surface area contributed by atoms with Crippen LogP contribution < -0.4 is 5.32 Å². The van der Waals surface area contributed by atoms with Gasteiger partial charge in [-0.25, -0.2) is 0 Å². The van der Waals surface area contributed by atoms with Crippen molar-refractivity contribution >= 4 is 5.97 Å². The topological polar surface area (TPSA) is 52.6 Å². The number of aliphatic carboxylic acids is 1. The molecule has 1 fully saturated rings. The summed E-state index contributed by atoms with van der Waals surface area (Å²) in [7, 11) is 1.53. The van der Waals surface area contributed by atoms with Crippen molar-refractivity contribution in [3.05, 3.63) is 0 Å². The predicted molar refractivity (Wildman–Crippen MR) is 55.7 cm³/mol. The lowest BCUT2D eigenvalue weighted by Gasteiger charge is -2.34. The maximum Gasteiger partial charge on any atom is 0.391 e. The highest BCUT2D eigenvalue weighted by Crippen LogP contribution is 2.33. The molecule has 0 aromatic carbocycles. The van der Waals surface area contributed by atoms with E-state index in [1.54, 1.807) is 4.90 Å². The number of hydrogen-bond acceptors (Lipinski definition) is 3. The lowest BCUT2D eigenvalue weighted by Crippen LogP contribution is -2.48. The summed E-state index contributed by atoms with van der Waals surface area (Å²) in [6.07, 6.45) is -4.01. The van der Waals surface area contributed by atoms with Crippen LogP contribution >= 0.6 is 0 Å². The molecule has 0 aromatic heterocycles. The van der Waals surface area contributed by atoms with Gasteiger partial charge in [-0.15, -0.1) is 0 Å². The van der Waals surface area contributed by atoms with Crippen LogP contribution in [0.3, 0.4) is 0 Å². The molecule has 0 radical (unpaired) electrons. The first-order valence-corrected chi connectivity index (χ1v) is 5.53. The zero-order chi connectivity index (χ0) is 13.1. The Morgan fingerprint density at radius 3 is 2.35 bits per heavy atom. The molecule has 1 heterocycles. The van der Waals surface area contributed by atoms with Crippen LogP contribution in [0.4, 0.5) is 13.2 Å². The van der Waals surface area contributed by atoms with Gasteiger partial charge in [-0.3, -0.25) is 4.79 Å². The Bertz CT molecular complexity index is 263. The quantitative estimate of drug-likeness (QED) is 0.783. The van der Waals surface area contributed by atoms with E-state index in [-0.39, 0.29) is 19.4 Å². The average molecular weight is 254 g/mol. The molecule has 2 N–H and O–H groups in total. The molecule has 1 saturated heterocycles. The highest BCUT2D eigenvalue weighted by Gasteiger charge is 2.41. The zero-order valence-corrected chi connectivity index (χ0v) is 9.63. The molecule has 0 amide bonds. The normalized spacial score (nSPS) is 21.4. The average Bonchev–Trinajstić information content (AvgIpc) is 2.25. The Morgan fingerprint density at radius 1 is 1.47 bits per heavy atom. The number of piperidine rings is 1. The third-order valence-corrected chi connectivity index (χ3v) is 3.14. The molecule has 1 aliphatic heterocycles. The summed E-state index contributed by atoms with van der Waals surface area (Å²) in [6.45, 7) is 0.849. The Balaban J connectivity index is 2.39. The maximum atomic E-state index is 12.4. The molecule has 100 valence electrons. The highest BCUT2D eigenvalue weighted by atomic mass is 19.4. The molecule has 0 aliphatic carbocycles. The Kier molecular flexibility index (Phi) is 4.76. The van der Waals surface area contributed by atoms with E-state index in [2.05, 4.69) is 5.32 Å². The van der Waals surface area contributed by atoms with Crippen molar-refractivity contribution in [1.29, 1.82) is 0 Å². The van der Waals surface area contributed by atoms with Crippen molar-refractivity contribution in [2.24, 2.45) is 5.92 Å². The van der Waals surface area contributed by atoms with E-state index in [4.69, 9.17) is 5.11 Å². The van der Waals surface area contributed by atoms with E-state index in [0.717, 1.165) is 0 Å². The maximum absolute atomic E-state index is 12.4. The number of hydrogen-bond donors (Lipinski definition) is 2. The Labute approximate surface area is 97.8 Å². The van der Waals surface area contributed by atoms with Crippen molar-refractivity contribution < 1.29 is 23.1 Å². The number of nitrogens with one attached hydrogen (secondary N) is 1. The fourth-order valence-electron chi connectivity index (χ4n) is 1.99. The van der Waals surface area contributed by atoms with Crippen molar-refractivity contribution in [3.8, 4) is 0 Å². The zero-order valence-electron chi connectivity index (χ0n) is 9.63. The van der Waals surface area contributed by atoms with Crippen LogP contribution in [0.5, 0.6) is 0 Å². The van der Waals surface area contributed by atoms with E-state index in [0.29, 0.717) is 13.1 Å². The van der Waals surface area contributed by atoms with Gasteiger partial charge < -0.3 is 15.3 Å². The molecular formula is C10H17F3N2O2. The monoisotopic (exact) mass is 254 g/mol. The second kappa shape index (κ2) is 5.68. The van der Waals surface area contributed by atoms with E-state index in [9.17, 15) is 18.0 Å². The molecule has 0 saturated carbocycles. The first kappa shape index (κ1) is 14.2. The molecule has 17 heavy (non-hydrogen) atoms. The van der Waals surface area contributed by atoms with Gasteiger partial charge in [0.25, 0.3) is 0 Å². The standard InChI is InChI=1S/C10H17F3N2O2/c1-14-8(9(16)17)6-15-4-2-7(3-5-15)10(11,12)13/h7-8,14H,2-6H2,1H3,(H,16,17). The van der Waals surface area contributed by atoms with Crippen LogP contribution in [-0.4, -0.2) is 54.9 Å². The van der Waals surface area contributed by atoms with Gasteiger partial charge in [-0.1, -0.05) is 0 Å². The number of nitrogens with zero attached hydrogens (tertiary/aromatic N) is 1. The van der Waals surface area contributed by atoms with Gasteiger partial charge in [0.2, 0.25) is 0 Å². The van der Waals surface area contributed by atoms with Gasteiger partial charge in [-0.05, 0) is 33.0 Å². The van der Waals surface area contributed by atoms with E-state index in [1.165, 1.54) is 7.05 Å². The molecule has 1 rings (SSSR count). The number of likely N-dealkylation sites (tertiary alicyclic amines) is 1. The summed E-state index contributed by atoms with van der Waals surface area (Å²) >= 11 is 0. The van der Waals surface area contributed by atoms with Crippen LogP contribution in [0.1, 0.15) is 12.8 Å². The summed E-state index contributed by atoms with van der Waals surface area (Å²) < 4.78 is 37.2. The van der Waals surface area contributed by atoms with E-state index in [1.807, 2.05) is 0 Å². The number of carbonyl (C=O) groups is 1. The number of carboxylic acid groups (broad SMARTS) is 1. The first-order chi connectivity index (χ1) is 7.84. The summed E-state index contributed by atoms with van der Waals surface area (Å²) in [6, 6.07) is -0.725. The highest BCUT2D eigenvalue weighted by molar-refractivity contribution is 5.73. The minimum atomic E-state index is -4.12. The van der Waals surface area contributed by atoms with Crippen LogP contribution in [0.25, 0.3) is 0 Å². The van der Waals surface area contributed by atoms with Crippen LogP contribution in [0.15, 0.2) is 0 Å². The summed E-state index contributed by atoms with van der Waals surface area (Å²) in [5, 5.41) is 11.4. The fraction of sp³-hybridized carbons (Fsp3) is 0.900. The number of alkyl halides is 3. The van der Waals surface area contributed by atoms with Gasteiger partial charge in [0.15, 0.2) is 0 Å². The molecule has 1 unspecified atom stereocenters. The molecule has 0 bridgehead atoms. The third-order valence-electron chi connectivity index (χ3n) is 3.14.